The van der Waals surface area contributed by atoms with Gasteiger partial charge in [0.05, 0.1) is 24.6 Å². The van der Waals surface area contributed by atoms with Gasteiger partial charge in [0.2, 0.25) is 5.78 Å². The molecular formula is C28H31NO7S. The van der Waals surface area contributed by atoms with Crippen LogP contribution in [0.25, 0.3) is 11.3 Å². The summed E-state index contributed by atoms with van der Waals surface area (Å²) in [6.07, 6.45) is 2.56. The van der Waals surface area contributed by atoms with Crippen LogP contribution in [0, 0.1) is 13.8 Å². The molecule has 1 aromatic heterocycles. The topological polar surface area (TPSA) is 112 Å². The minimum absolute atomic E-state index is 0.0449. The van der Waals surface area contributed by atoms with Gasteiger partial charge >= 0.3 is 0 Å². The van der Waals surface area contributed by atoms with Gasteiger partial charge in [0, 0.05) is 11.8 Å². The maximum Gasteiger partial charge on any atom is 0.261 e. The van der Waals surface area contributed by atoms with Crippen molar-refractivity contribution in [1.29, 1.82) is 0 Å². The van der Waals surface area contributed by atoms with Gasteiger partial charge in [-0.05, 0) is 80.8 Å². The van der Waals surface area contributed by atoms with Crippen LogP contribution in [-0.2, 0) is 26.3 Å². The molecule has 0 radical (unpaired) electrons. The Morgan fingerprint density at radius 3 is 2.05 bits per heavy atom. The van der Waals surface area contributed by atoms with Crippen molar-refractivity contribution in [1.82, 2.24) is 4.98 Å². The van der Waals surface area contributed by atoms with Gasteiger partial charge in [0.1, 0.15) is 23.9 Å². The van der Waals surface area contributed by atoms with E-state index >= 15 is 0 Å². The Labute approximate surface area is 217 Å². The number of carbonyl (C=O) groups is 1. The number of ether oxygens (including phenoxy) is 3. The Balaban J connectivity index is 0.000000695. The van der Waals surface area contributed by atoms with E-state index in [9.17, 15) is 13.2 Å². The first kappa shape index (κ1) is 27.9. The Kier molecular flexibility index (Phi) is 8.40. The summed E-state index contributed by atoms with van der Waals surface area (Å²) < 4.78 is 43.1. The molecule has 1 aliphatic rings. The van der Waals surface area contributed by atoms with E-state index in [0.29, 0.717) is 29.9 Å². The third kappa shape index (κ3) is 7.41. The highest BCUT2D eigenvalue weighted by Gasteiger charge is 2.42. The molecule has 3 aromatic rings. The van der Waals surface area contributed by atoms with Crippen molar-refractivity contribution >= 4 is 27.2 Å². The van der Waals surface area contributed by atoms with Gasteiger partial charge in [-0.1, -0.05) is 18.2 Å². The molecule has 2 heterocycles. The standard InChI is InChI=1S/C27H27NO4.CH4O3S/c1-17-14-18(2)23(28-15-17)16-31-22-12-6-19(7-13-22)24-25(32-27(3,4)26(24)29)20-8-10-21(30-5)11-9-20;1-5(2,3)4/h6-15H,16H2,1-5H3;1H3,(H,2,3,4). The van der Waals surface area contributed by atoms with Crippen LogP contribution in [0.15, 0.2) is 60.8 Å². The van der Waals surface area contributed by atoms with Gasteiger partial charge in [-0.2, -0.15) is 8.42 Å². The number of pyridine rings is 1. The van der Waals surface area contributed by atoms with Crippen LogP contribution in [0.4, 0.5) is 0 Å². The molecule has 0 fully saturated rings. The quantitative estimate of drug-likeness (QED) is 0.446. The molecule has 0 saturated carbocycles. The lowest BCUT2D eigenvalue weighted by Gasteiger charge is -2.17. The van der Waals surface area contributed by atoms with E-state index < -0.39 is 15.7 Å². The third-order valence-corrected chi connectivity index (χ3v) is 5.55. The predicted octanol–water partition coefficient (Wildman–Crippen LogP) is 5.04. The lowest BCUT2D eigenvalue weighted by atomic mass is 9.92. The number of hydrogen-bond acceptors (Lipinski definition) is 7. The summed E-state index contributed by atoms with van der Waals surface area (Å²) in [4.78, 5) is 17.6. The number of ketones is 1. The molecule has 4 rings (SSSR count). The highest BCUT2D eigenvalue weighted by atomic mass is 32.2. The zero-order valence-corrected chi connectivity index (χ0v) is 22.5. The summed E-state index contributed by atoms with van der Waals surface area (Å²) in [5.41, 5.74) is 4.42. The van der Waals surface area contributed by atoms with Crippen LogP contribution in [0.5, 0.6) is 11.5 Å². The molecule has 0 spiro atoms. The van der Waals surface area contributed by atoms with Gasteiger partial charge in [0.25, 0.3) is 10.1 Å². The summed E-state index contributed by atoms with van der Waals surface area (Å²) in [6.45, 7) is 8.02. The number of carbonyl (C=O) groups excluding carboxylic acids is 1. The van der Waals surface area contributed by atoms with Crippen molar-refractivity contribution in [2.45, 2.75) is 39.9 Å². The zero-order valence-electron chi connectivity index (χ0n) is 21.7. The smallest absolute Gasteiger partial charge is 0.261 e. The van der Waals surface area contributed by atoms with Crippen LogP contribution in [0.1, 0.15) is 41.8 Å². The van der Waals surface area contributed by atoms with E-state index in [1.54, 1.807) is 21.0 Å². The summed E-state index contributed by atoms with van der Waals surface area (Å²) in [5, 5.41) is 0. The lowest BCUT2D eigenvalue weighted by molar-refractivity contribution is -0.125. The first-order valence-electron chi connectivity index (χ1n) is 11.5. The fourth-order valence-electron chi connectivity index (χ4n) is 3.73. The average molecular weight is 526 g/mol. The number of methoxy groups -OCH3 is 1. The van der Waals surface area contributed by atoms with Gasteiger partial charge in [0.15, 0.2) is 5.60 Å². The van der Waals surface area contributed by atoms with E-state index in [4.69, 9.17) is 18.8 Å². The first-order valence-corrected chi connectivity index (χ1v) is 13.3. The second kappa shape index (κ2) is 11.1. The van der Waals surface area contributed by atoms with Crippen LogP contribution in [-0.4, -0.2) is 42.7 Å². The molecule has 37 heavy (non-hydrogen) atoms. The monoisotopic (exact) mass is 525 g/mol. The second-order valence-corrected chi connectivity index (χ2v) is 10.7. The van der Waals surface area contributed by atoms with Crippen LogP contribution in [0.3, 0.4) is 0 Å². The van der Waals surface area contributed by atoms with Gasteiger partial charge < -0.3 is 14.2 Å². The minimum Gasteiger partial charge on any atom is -0.497 e. The molecule has 2 aromatic carbocycles. The Morgan fingerprint density at radius 2 is 1.51 bits per heavy atom. The van der Waals surface area contributed by atoms with Gasteiger partial charge in [-0.3, -0.25) is 14.3 Å². The number of aryl methyl sites for hydroxylation is 2. The largest absolute Gasteiger partial charge is 0.497 e. The van der Waals surface area contributed by atoms with Crippen LogP contribution >= 0.6 is 0 Å². The van der Waals surface area contributed by atoms with Crippen molar-refractivity contribution < 1.29 is 32.0 Å². The molecule has 0 amide bonds. The number of benzene rings is 2. The highest BCUT2D eigenvalue weighted by Crippen LogP contribution is 2.41. The molecule has 0 saturated heterocycles. The van der Waals surface area contributed by atoms with E-state index in [1.165, 1.54) is 0 Å². The molecule has 1 N–H and O–H groups in total. The summed E-state index contributed by atoms with van der Waals surface area (Å²) in [6, 6.07) is 17.1. The molecule has 9 heteroatoms. The number of Topliss-reactive ketones (excluding diaryl/α,β-unsaturated/α-hetero) is 1. The number of aromatic nitrogens is 1. The molecule has 0 bridgehead atoms. The second-order valence-electron chi connectivity index (χ2n) is 9.20. The molecular weight excluding hydrogens is 494 g/mol. The first-order chi connectivity index (χ1) is 17.3. The Bertz CT molecular complexity index is 1400. The number of rotatable bonds is 6. The SMILES string of the molecule is COc1ccc(C2=C(c3ccc(OCc4ncc(C)cc4C)cc3)C(=O)C(C)(C)O2)cc1.CS(=O)(=O)O. The highest BCUT2D eigenvalue weighted by molar-refractivity contribution is 7.85. The van der Waals surface area contributed by atoms with Crippen molar-refractivity contribution in [3.63, 3.8) is 0 Å². The summed E-state index contributed by atoms with van der Waals surface area (Å²) >= 11 is 0. The van der Waals surface area contributed by atoms with E-state index in [1.807, 2.05) is 68.6 Å². The minimum atomic E-state index is -3.67. The molecule has 0 atom stereocenters. The predicted molar refractivity (Wildman–Crippen MR) is 142 cm³/mol. The van der Waals surface area contributed by atoms with Crippen molar-refractivity contribution in [3.8, 4) is 11.5 Å². The normalized spacial score (nSPS) is 14.5. The van der Waals surface area contributed by atoms with Crippen molar-refractivity contribution in [2.24, 2.45) is 0 Å². The van der Waals surface area contributed by atoms with E-state index in [2.05, 4.69) is 11.1 Å². The number of hydrogen-bond donors (Lipinski definition) is 1. The maximum absolute atomic E-state index is 13.1. The zero-order chi connectivity index (χ0) is 27.4. The Morgan fingerprint density at radius 1 is 0.973 bits per heavy atom. The average Bonchev–Trinajstić information content (AvgIpc) is 3.07. The molecule has 0 unspecified atom stereocenters. The summed E-state index contributed by atoms with van der Waals surface area (Å²) in [7, 11) is -2.04. The van der Waals surface area contributed by atoms with E-state index in [-0.39, 0.29) is 5.78 Å². The van der Waals surface area contributed by atoms with Crippen molar-refractivity contribution in [3.05, 3.63) is 88.7 Å². The third-order valence-electron chi connectivity index (χ3n) is 5.55. The van der Waals surface area contributed by atoms with Crippen LogP contribution < -0.4 is 9.47 Å². The lowest BCUT2D eigenvalue weighted by Crippen LogP contribution is -2.29. The Hall–Kier alpha value is -3.69. The fourth-order valence-corrected chi connectivity index (χ4v) is 3.73. The van der Waals surface area contributed by atoms with E-state index in [0.717, 1.165) is 33.7 Å². The number of nitrogens with zero attached hydrogens (tertiary/aromatic N) is 1. The van der Waals surface area contributed by atoms with Crippen molar-refractivity contribution in [2.75, 3.05) is 13.4 Å². The summed E-state index contributed by atoms with van der Waals surface area (Å²) in [5.74, 6) is 2.00. The molecule has 1 aliphatic heterocycles. The fraction of sp³-hybridized carbons (Fsp3) is 0.286. The maximum atomic E-state index is 13.1. The van der Waals surface area contributed by atoms with Gasteiger partial charge in [-0.25, -0.2) is 0 Å². The van der Waals surface area contributed by atoms with Gasteiger partial charge in [-0.15, -0.1) is 0 Å². The molecule has 196 valence electrons. The van der Waals surface area contributed by atoms with Crippen LogP contribution in [0.2, 0.25) is 0 Å². The molecule has 8 nitrogen and oxygen atoms in total. The molecule has 0 aliphatic carbocycles.